The fourth-order valence-corrected chi connectivity index (χ4v) is 2.94. The van der Waals surface area contributed by atoms with E-state index in [0.717, 1.165) is 38.1 Å². The van der Waals surface area contributed by atoms with E-state index in [1.165, 1.54) is 12.5 Å². The monoisotopic (exact) mass is 301 g/mol. The topological polar surface area (TPSA) is 23.5 Å². The van der Waals surface area contributed by atoms with E-state index >= 15 is 0 Å². The summed E-state index contributed by atoms with van der Waals surface area (Å²) in [4.78, 5) is 2.17. The summed E-state index contributed by atoms with van der Waals surface area (Å²) in [5, 5.41) is 10.6. The highest BCUT2D eigenvalue weighted by molar-refractivity contribution is 5.29. The first-order valence-corrected chi connectivity index (χ1v) is 7.33. The molecule has 1 saturated heterocycles. The zero-order chi connectivity index (χ0) is 15.7. The molecule has 21 heavy (non-hydrogen) atoms. The molecule has 0 saturated carbocycles. The van der Waals surface area contributed by atoms with Gasteiger partial charge in [0, 0.05) is 5.54 Å². The maximum Gasteiger partial charge on any atom is 0.416 e. The summed E-state index contributed by atoms with van der Waals surface area (Å²) in [6, 6.07) is 5.00. The van der Waals surface area contributed by atoms with Gasteiger partial charge >= 0.3 is 6.18 Å². The number of piperidine rings is 1. The molecule has 0 amide bonds. The van der Waals surface area contributed by atoms with Gasteiger partial charge in [0.05, 0.1) is 11.7 Å². The Morgan fingerprint density at radius 1 is 1.10 bits per heavy atom. The van der Waals surface area contributed by atoms with Crippen LogP contribution in [0, 0.1) is 0 Å². The first-order chi connectivity index (χ1) is 9.73. The van der Waals surface area contributed by atoms with Crippen LogP contribution >= 0.6 is 0 Å². The average Bonchev–Trinajstić information content (AvgIpc) is 2.46. The van der Waals surface area contributed by atoms with Crippen LogP contribution in [-0.2, 0) is 6.18 Å². The van der Waals surface area contributed by atoms with E-state index in [9.17, 15) is 18.3 Å². The second-order valence-corrected chi connectivity index (χ2v) is 6.23. The van der Waals surface area contributed by atoms with Crippen LogP contribution in [0.5, 0.6) is 0 Å². The smallest absolute Gasteiger partial charge is 0.386 e. The van der Waals surface area contributed by atoms with Crippen LogP contribution in [0.15, 0.2) is 24.3 Å². The number of aliphatic hydroxyl groups is 1. The summed E-state index contributed by atoms with van der Waals surface area (Å²) in [5.74, 6) is 0. The lowest BCUT2D eigenvalue weighted by Gasteiger charge is -2.44. The van der Waals surface area contributed by atoms with Crippen LogP contribution in [0.4, 0.5) is 13.2 Å². The van der Waals surface area contributed by atoms with Crippen LogP contribution in [0.3, 0.4) is 0 Å². The maximum atomic E-state index is 12.8. The molecular weight excluding hydrogens is 279 g/mol. The van der Waals surface area contributed by atoms with Crippen LogP contribution in [0.2, 0.25) is 0 Å². The fraction of sp³-hybridized carbons (Fsp3) is 0.625. The number of nitrogens with zero attached hydrogens (tertiary/aromatic N) is 1. The first kappa shape index (κ1) is 16.3. The minimum Gasteiger partial charge on any atom is -0.386 e. The van der Waals surface area contributed by atoms with E-state index in [-0.39, 0.29) is 0 Å². The predicted molar refractivity (Wildman–Crippen MR) is 75.9 cm³/mol. The number of aliphatic hydroxyl groups excluding tert-OH is 1. The molecule has 0 aliphatic carbocycles. The van der Waals surface area contributed by atoms with Gasteiger partial charge in [0.15, 0.2) is 0 Å². The minimum atomic E-state index is -4.38. The standard InChI is InChI=1S/C16H22F3NO/c1-15(2,20-9-4-3-5-10-20)14(21)12-7-6-8-13(11-12)16(17,18)19/h6-8,11,14,21H,3-5,9-10H2,1-2H3. The van der Waals surface area contributed by atoms with Crippen molar-refractivity contribution >= 4 is 0 Å². The molecule has 0 radical (unpaired) electrons. The Labute approximate surface area is 123 Å². The highest BCUT2D eigenvalue weighted by Crippen LogP contribution is 2.36. The highest BCUT2D eigenvalue weighted by Gasteiger charge is 2.37. The summed E-state index contributed by atoms with van der Waals surface area (Å²) in [6.07, 6.45) is -2.02. The van der Waals surface area contributed by atoms with Crippen LogP contribution in [-0.4, -0.2) is 28.6 Å². The molecule has 2 nitrogen and oxygen atoms in total. The van der Waals surface area contributed by atoms with Gasteiger partial charge in [-0.05, 0) is 57.5 Å². The molecule has 118 valence electrons. The Kier molecular flexibility index (Phi) is 4.63. The number of benzene rings is 1. The molecule has 1 aliphatic rings. The Bertz CT molecular complexity index is 479. The van der Waals surface area contributed by atoms with Gasteiger partial charge in [-0.3, -0.25) is 4.90 Å². The van der Waals surface area contributed by atoms with Gasteiger partial charge in [-0.15, -0.1) is 0 Å². The molecule has 0 bridgehead atoms. The Morgan fingerprint density at radius 3 is 2.29 bits per heavy atom. The van der Waals surface area contributed by atoms with Gasteiger partial charge < -0.3 is 5.11 Å². The van der Waals surface area contributed by atoms with Gasteiger partial charge in [0.25, 0.3) is 0 Å². The van der Waals surface area contributed by atoms with Crippen LogP contribution in [0.1, 0.15) is 50.3 Å². The summed E-state index contributed by atoms with van der Waals surface area (Å²) < 4.78 is 38.4. The van der Waals surface area contributed by atoms with E-state index in [0.29, 0.717) is 5.56 Å². The van der Waals surface area contributed by atoms with Gasteiger partial charge in [-0.25, -0.2) is 0 Å². The third-order valence-electron chi connectivity index (χ3n) is 4.37. The molecule has 0 aromatic heterocycles. The van der Waals surface area contributed by atoms with Crippen LogP contribution in [0.25, 0.3) is 0 Å². The lowest BCUT2D eigenvalue weighted by Crippen LogP contribution is -2.50. The van der Waals surface area contributed by atoms with Crippen molar-refractivity contribution in [2.24, 2.45) is 0 Å². The van der Waals surface area contributed by atoms with Crippen molar-refractivity contribution in [1.29, 1.82) is 0 Å². The highest BCUT2D eigenvalue weighted by atomic mass is 19.4. The maximum absolute atomic E-state index is 12.8. The van der Waals surface area contributed by atoms with E-state index < -0.39 is 23.4 Å². The van der Waals surface area contributed by atoms with Crippen molar-refractivity contribution in [2.75, 3.05) is 13.1 Å². The third-order valence-corrected chi connectivity index (χ3v) is 4.37. The number of rotatable bonds is 3. The predicted octanol–water partition coefficient (Wildman–Crippen LogP) is 4.00. The lowest BCUT2D eigenvalue weighted by atomic mass is 9.87. The van der Waals surface area contributed by atoms with Crippen molar-refractivity contribution in [3.63, 3.8) is 0 Å². The Balaban J connectivity index is 2.24. The molecule has 1 heterocycles. The number of alkyl halides is 3. The number of likely N-dealkylation sites (tertiary alicyclic amines) is 1. The number of hydrogen-bond donors (Lipinski definition) is 1. The molecule has 5 heteroatoms. The fourth-order valence-electron chi connectivity index (χ4n) is 2.94. The summed E-state index contributed by atoms with van der Waals surface area (Å²) in [6.45, 7) is 5.54. The lowest BCUT2D eigenvalue weighted by molar-refractivity contribution is -0.137. The van der Waals surface area contributed by atoms with Gasteiger partial charge in [0.2, 0.25) is 0 Å². The van der Waals surface area contributed by atoms with Crippen molar-refractivity contribution in [3.05, 3.63) is 35.4 Å². The van der Waals surface area contributed by atoms with Gasteiger partial charge in [-0.1, -0.05) is 18.6 Å². The SMILES string of the molecule is CC(C)(C(O)c1cccc(C(F)(F)F)c1)N1CCCCC1. The minimum absolute atomic E-state index is 0.320. The van der Waals surface area contributed by atoms with E-state index in [1.807, 2.05) is 13.8 Å². The second-order valence-electron chi connectivity index (χ2n) is 6.23. The quantitative estimate of drug-likeness (QED) is 0.912. The normalized spacial score (nSPS) is 19.5. The van der Waals surface area contributed by atoms with Crippen molar-refractivity contribution in [2.45, 2.75) is 50.9 Å². The zero-order valence-corrected chi connectivity index (χ0v) is 12.5. The van der Waals surface area contributed by atoms with E-state index in [4.69, 9.17) is 0 Å². The molecule has 1 aromatic rings. The van der Waals surface area contributed by atoms with Gasteiger partial charge in [-0.2, -0.15) is 13.2 Å². The molecular formula is C16H22F3NO. The molecule has 2 rings (SSSR count). The Morgan fingerprint density at radius 2 is 1.71 bits per heavy atom. The molecule has 1 atom stereocenters. The molecule has 1 aromatic carbocycles. The van der Waals surface area contributed by atoms with E-state index in [2.05, 4.69) is 4.90 Å². The average molecular weight is 301 g/mol. The molecule has 1 unspecified atom stereocenters. The van der Waals surface area contributed by atoms with E-state index in [1.54, 1.807) is 6.07 Å². The first-order valence-electron chi connectivity index (χ1n) is 7.33. The van der Waals surface area contributed by atoms with Crippen LogP contribution < -0.4 is 0 Å². The Hall–Kier alpha value is -1.07. The van der Waals surface area contributed by atoms with Gasteiger partial charge in [0.1, 0.15) is 0 Å². The summed E-state index contributed by atoms with van der Waals surface area (Å²) in [7, 11) is 0. The summed E-state index contributed by atoms with van der Waals surface area (Å²) >= 11 is 0. The molecule has 1 fully saturated rings. The molecule has 1 N–H and O–H groups in total. The van der Waals surface area contributed by atoms with Crippen molar-refractivity contribution < 1.29 is 18.3 Å². The second kappa shape index (κ2) is 5.97. The third kappa shape index (κ3) is 3.58. The van der Waals surface area contributed by atoms with Crippen molar-refractivity contribution in [1.82, 2.24) is 4.90 Å². The molecule has 0 spiro atoms. The molecule has 1 aliphatic heterocycles. The summed E-state index contributed by atoms with van der Waals surface area (Å²) in [5.41, 5.74) is -0.973. The number of hydrogen-bond acceptors (Lipinski definition) is 2. The largest absolute Gasteiger partial charge is 0.416 e. The number of halogens is 3. The van der Waals surface area contributed by atoms with Crippen molar-refractivity contribution in [3.8, 4) is 0 Å². The zero-order valence-electron chi connectivity index (χ0n) is 12.5.